The Morgan fingerprint density at radius 2 is 1.96 bits per heavy atom. The third-order valence-electron chi connectivity index (χ3n) is 3.82. The van der Waals surface area contributed by atoms with Crippen LogP contribution in [0.15, 0.2) is 24.3 Å². The smallest absolute Gasteiger partial charge is 0.410 e. The van der Waals surface area contributed by atoms with Crippen molar-refractivity contribution in [2.75, 3.05) is 25.0 Å². The summed E-state index contributed by atoms with van der Waals surface area (Å²) in [5.74, 6) is 0. The number of hydrogen-bond donors (Lipinski definition) is 0. The molecule has 7 heteroatoms. The Bertz CT molecular complexity index is 580. The van der Waals surface area contributed by atoms with E-state index >= 15 is 0 Å². The number of nitrogens with zero attached hydrogens (tertiary/aromatic N) is 3. The lowest BCUT2D eigenvalue weighted by atomic mass is 10.2. The van der Waals surface area contributed by atoms with Gasteiger partial charge < -0.3 is 14.5 Å². The SMILES string of the molecule is CN(C(=O)OC(C)(C)C)[C@@H]1CCN(c2ccc([N+](=O)[O-])cc2)C1. The number of nitro benzene ring substituents is 1. The monoisotopic (exact) mass is 321 g/mol. The highest BCUT2D eigenvalue weighted by Gasteiger charge is 2.31. The molecule has 23 heavy (non-hydrogen) atoms. The Morgan fingerprint density at radius 1 is 1.35 bits per heavy atom. The van der Waals surface area contributed by atoms with Gasteiger partial charge in [0.1, 0.15) is 5.60 Å². The average molecular weight is 321 g/mol. The lowest BCUT2D eigenvalue weighted by Crippen LogP contribution is -2.42. The molecule has 1 atom stereocenters. The van der Waals surface area contributed by atoms with Gasteiger partial charge in [0.2, 0.25) is 0 Å². The second-order valence-corrected chi connectivity index (χ2v) is 6.75. The number of rotatable bonds is 3. The Kier molecular flexibility index (Phi) is 4.77. The first kappa shape index (κ1) is 17.1. The molecular weight excluding hydrogens is 298 g/mol. The highest BCUT2D eigenvalue weighted by atomic mass is 16.6. The summed E-state index contributed by atoms with van der Waals surface area (Å²) >= 11 is 0. The average Bonchev–Trinajstić information content (AvgIpc) is 2.94. The summed E-state index contributed by atoms with van der Waals surface area (Å²) < 4.78 is 5.39. The van der Waals surface area contributed by atoms with Gasteiger partial charge in [-0.25, -0.2) is 4.79 Å². The highest BCUT2D eigenvalue weighted by Crippen LogP contribution is 2.25. The molecule has 1 fully saturated rings. The molecule has 0 aliphatic carbocycles. The number of non-ortho nitro benzene ring substituents is 1. The molecule has 2 rings (SSSR count). The third kappa shape index (κ3) is 4.34. The van der Waals surface area contributed by atoms with Crippen molar-refractivity contribution in [2.24, 2.45) is 0 Å². The number of carbonyl (C=O) groups is 1. The second-order valence-electron chi connectivity index (χ2n) is 6.75. The zero-order valence-corrected chi connectivity index (χ0v) is 14.0. The molecule has 1 aliphatic heterocycles. The zero-order valence-electron chi connectivity index (χ0n) is 14.0. The van der Waals surface area contributed by atoms with Crippen molar-refractivity contribution in [1.82, 2.24) is 4.90 Å². The first-order chi connectivity index (χ1) is 10.7. The lowest BCUT2D eigenvalue weighted by Gasteiger charge is -2.28. The summed E-state index contributed by atoms with van der Waals surface area (Å²) in [6, 6.07) is 6.56. The van der Waals surface area contributed by atoms with Crippen molar-refractivity contribution in [3.8, 4) is 0 Å². The van der Waals surface area contributed by atoms with Gasteiger partial charge in [0.25, 0.3) is 5.69 Å². The molecule has 0 N–H and O–H groups in total. The first-order valence-electron chi connectivity index (χ1n) is 7.62. The van der Waals surface area contributed by atoms with Crippen LogP contribution in [0.1, 0.15) is 27.2 Å². The number of anilines is 1. The van der Waals surface area contributed by atoms with Gasteiger partial charge in [-0.1, -0.05) is 0 Å². The Hall–Kier alpha value is -2.31. The van der Waals surface area contributed by atoms with E-state index in [4.69, 9.17) is 4.74 Å². The van der Waals surface area contributed by atoms with E-state index in [9.17, 15) is 14.9 Å². The molecule has 0 aromatic heterocycles. The normalized spacial score (nSPS) is 17.9. The van der Waals surface area contributed by atoms with Crippen LogP contribution in [-0.2, 0) is 4.74 Å². The molecule has 0 saturated carbocycles. The summed E-state index contributed by atoms with van der Waals surface area (Å²) in [6.07, 6.45) is 0.514. The minimum Gasteiger partial charge on any atom is -0.444 e. The van der Waals surface area contributed by atoms with Crippen LogP contribution in [0, 0.1) is 10.1 Å². The maximum absolute atomic E-state index is 12.1. The largest absolute Gasteiger partial charge is 0.444 e. The summed E-state index contributed by atoms with van der Waals surface area (Å²) in [6.45, 7) is 7.02. The van der Waals surface area contributed by atoms with Crippen LogP contribution in [0.3, 0.4) is 0 Å². The molecular formula is C16H23N3O4. The molecule has 0 spiro atoms. The van der Waals surface area contributed by atoms with E-state index in [-0.39, 0.29) is 17.8 Å². The molecule has 1 heterocycles. The minimum atomic E-state index is -0.512. The third-order valence-corrected chi connectivity index (χ3v) is 3.82. The van der Waals surface area contributed by atoms with Crippen molar-refractivity contribution >= 4 is 17.5 Å². The predicted octanol–water partition coefficient (Wildman–Crippen LogP) is 3.04. The van der Waals surface area contributed by atoms with Crippen LogP contribution >= 0.6 is 0 Å². The number of nitro groups is 1. The standard InChI is InChI=1S/C16H23N3O4/c1-16(2,3)23-15(20)17(4)14-9-10-18(11-14)12-5-7-13(8-6-12)19(21)22/h5-8,14H,9-11H2,1-4H3/t14-/m1/s1. The van der Waals surface area contributed by atoms with E-state index in [1.165, 1.54) is 12.1 Å². The van der Waals surface area contributed by atoms with Crippen LogP contribution in [0.25, 0.3) is 0 Å². The lowest BCUT2D eigenvalue weighted by molar-refractivity contribution is -0.384. The maximum atomic E-state index is 12.1. The highest BCUT2D eigenvalue weighted by molar-refractivity contribution is 5.68. The fourth-order valence-corrected chi connectivity index (χ4v) is 2.56. The summed E-state index contributed by atoms with van der Waals surface area (Å²) in [5, 5.41) is 10.7. The van der Waals surface area contributed by atoms with E-state index in [0.29, 0.717) is 6.54 Å². The predicted molar refractivity (Wildman–Crippen MR) is 87.7 cm³/mol. The van der Waals surface area contributed by atoms with Crippen molar-refractivity contribution < 1.29 is 14.5 Å². The molecule has 1 aromatic carbocycles. The van der Waals surface area contributed by atoms with Crippen LogP contribution in [0.5, 0.6) is 0 Å². The van der Waals surface area contributed by atoms with E-state index in [2.05, 4.69) is 4.90 Å². The van der Waals surface area contributed by atoms with Gasteiger partial charge in [-0.05, 0) is 39.3 Å². The van der Waals surface area contributed by atoms with Gasteiger partial charge in [-0.15, -0.1) is 0 Å². The quantitative estimate of drug-likeness (QED) is 0.632. The van der Waals surface area contributed by atoms with Crippen molar-refractivity contribution in [1.29, 1.82) is 0 Å². The molecule has 7 nitrogen and oxygen atoms in total. The van der Waals surface area contributed by atoms with Crippen LogP contribution in [-0.4, -0.2) is 47.7 Å². The second kappa shape index (κ2) is 6.44. The van der Waals surface area contributed by atoms with Gasteiger partial charge in [0, 0.05) is 38.0 Å². The van der Waals surface area contributed by atoms with Crippen molar-refractivity contribution in [3.63, 3.8) is 0 Å². The van der Waals surface area contributed by atoms with Gasteiger partial charge >= 0.3 is 6.09 Å². The Morgan fingerprint density at radius 3 is 2.48 bits per heavy atom. The Balaban J connectivity index is 1.97. The topological polar surface area (TPSA) is 75.9 Å². The molecule has 1 aromatic rings. The number of likely N-dealkylation sites (N-methyl/N-ethyl adjacent to an activating group) is 1. The summed E-state index contributed by atoms with van der Waals surface area (Å²) in [7, 11) is 1.75. The van der Waals surface area contributed by atoms with Gasteiger partial charge in [0.05, 0.1) is 11.0 Å². The van der Waals surface area contributed by atoms with Crippen LogP contribution < -0.4 is 4.90 Å². The number of hydrogen-bond acceptors (Lipinski definition) is 5. The Labute approximate surface area is 136 Å². The first-order valence-corrected chi connectivity index (χ1v) is 7.62. The van der Waals surface area contributed by atoms with E-state index in [1.807, 2.05) is 20.8 Å². The van der Waals surface area contributed by atoms with Crippen LogP contribution in [0.4, 0.5) is 16.2 Å². The van der Waals surface area contributed by atoms with Crippen LogP contribution in [0.2, 0.25) is 0 Å². The van der Waals surface area contributed by atoms with Gasteiger partial charge in [0.15, 0.2) is 0 Å². The van der Waals surface area contributed by atoms with Gasteiger partial charge in [-0.2, -0.15) is 0 Å². The van der Waals surface area contributed by atoms with Gasteiger partial charge in [-0.3, -0.25) is 10.1 Å². The fourth-order valence-electron chi connectivity index (χ4n) is 2.56. The molecule has 0 bridgehead atoms. The number of amides is 1. The molecule has 1 aliphatic rings. The fraction of sp³-hybridized carbons (Fsp3) is 0.562. The molecule has 1 amide bonds. The minimum absolute atomic E-state index is 0.0695. The molecule has 0 unspecified atom stereocenters. The van der Waals surface area contributed by atoms with E-state index in [1.54, 1.807) is 24.1 Å². The molecule has 1 saturated heterocycles. The summed E-state index contributed by atoms with van der Waals surface area (Å²) in [4.78, 5) is 26.2. The number of carbonyl (C=O) groups excluding carboxylic acids is 1. The molecule has 126 valence electrons. The molecule has 0 radical (unpaired) electrons. The van der Waals surface area contributed by atoms with Crippen molar-refractivity contribution in [2.45, 2.75) is 38.8 Å². The summed E-state index contributed by atoms with van der Waals surface area (Å²) in [5.41, 5.74) is 0.494. The number of benzene rings is 1. The van der Waals surface area contributed by atoms with E-state index < -0.39 is 10.5 Å². The number of ether oxygens (including phenoxy) is 1. The zero-order chi connectivity index (χ0) is 17.2. The van der Waals surface area contributed by atoms with Crippen molar-refractivity contribution in [3.05, 3.63) is 34.4 Å². The maximum Gasteiger partial charge on any atom is 0.410 e. The van der Waals surface area contributed by atoms with E-state index in [0.717, 1.165) is 18.7 Å².